The Morgan fingerprint density at radius 1 is 1.25 bits per heavy atom. The van der Waals surface area contributed by atoms with Crippen LogP contribution in [0.4, 0.5) is 0 Å². The van der Waals surface area contributed by atoms with Crippen LogP contribution in [-0.2, 0) is 4.74 Å². The van der Waals surface area contributed by atoms with Gasteiger partial charge in [-0.2, -0.15) is 0 Å². The molecule has 1 saturated carbocycles. The summed E-state index contributed by atoms with van der Waals surface area (Å²) >= 11 is 0. The lowest BCUT2D eigenvalue weighted by Gasteiger charge is -2.31. The zero-order valence-corrected chi connectivity index (χ0v) is 10.9. The maximum atomic E-state index is 9.66. The number of ether oxygens (including phenoxy) is 1. The van der Waals surface area contributed by atoms with Gasteiger partial charge in [0.05, 0.1) is 18.8 Å². The fraction of sp³-hybridized carbons (Fsp3) is 1.00. The van der Waals surface area contributed by atoms with Crippen LogP contribution in [0.3, 0.4) is 0 Å². The van der Waals surface area contributed by atoms with Crippen molar-refractivity contribution in [3.63, 3.8) is 0 Å². The van der Waals surface area contributed by atoms with Crippen molar-refractivity contribution >= 4 is 0 Å². The fourth-order valence-corrected chi connectivity index (χ4v) is 2.63. The predicted molar refractivity (Wildman–Crippen MR) is 66.5 cm³/mol. The molecule has 0 radical (unpaired) electrons. The second-order valence-electron chi connectivity index (χ2n) is 5.33. The van der Waals surface area contributed by atoms with E-state index in [1.165, 1.54) is 6.42 Å². The third-order valence-electron chi connectivity index (χ3n) is 3.29. The van der Waals surface area contributed by atoms with E-state index in [1.807, 2.05) is 6.92 Å². The third kappa shape index (κ3) is 5.28. The molecule has 0 aromatic carbocycles. The van der Waals surface area contributed by atoms with Crippen molar-refractivity contribution in [2.45, 2.75) is 52.2 Å². The summed E-state index contributed by atoms with van der Waals surface area (Å²) in [5.41, 5.74) is 0. The lowest BCUT2D eigenvalue weighted by molar-refractivity contribution is -0.0395. The van der Waals surface area contributed by atoms with Gasteiger partial charge in [0.1, 0.15) is 0 Å². The molecule has 0 aromatic heterocycles. The van der Waals surface area contributed by atoms with Crippen molar-refractivity contribution in [3.05, 3.63) is 0 Å². The van der Waals surface area contributed by atoms with E-state index in [-0.39, 0.29) is 6.10 Å². The Kier molecular flexibility index (Phi) is 6.32. The lowest BCUT2D eigenvalue weighted by atomic mass is 9.82. The summed E-state index contributed by atoms with van der Waals surface area (Å²) in [5.74, 6) is 1.53. The molecule has 0 aliphatic heterocycles. The first kappa shape index (κ1) is 13.9. The van der Waals surface area contributed by atoms with E-state index in [1.54, 1.807) is 0 Å². The zero-order chi connectivity index (χ0) is 12.0. The number of aliphatic hydroxyl groups excluding tert-OH is 1. The van der Waals surface area contributed by atoms with Gasteiger partial charge in [0.2, 0.25) is 0 Å². The van der Waals surface area contributed by atoms with E-state index in [0.717, 1.165) is 31.2 Å². The number of hydrogen-bond donors (Lipinski definition) is 2. The molecule has 1 rings (SSSR count). The van der Waals surface area contributed by atoms with Gasteiger partial charge in [-0.3, -0.25) is 0 Å². The topological polar surface area (TPSA) is 41.5 Å². The SMILES string of the molecule is CCNCC(O)COC1CC(C)CC(C)C1. The quantitative estimate of drug-likeness (QED) is 0.730. The van der Waals surface area contributed by atoms with E-state index in [2.05, 4.69) is 19.2 Å². The maximum absolute atomic E-state index is 9.66. The van der Waals surface area contributed by atoms with Crippen LogP contribution in [0, 0.1) is 11.8 Å². The Balaban J connectivity index is 2.16. The molecular formula is C13H27NO2. The summed E-state index contributed by atoms with van der Waals surface area (Å²) in [6.45, 7) is 8.63. The molecule has 3 heteroatoms. The minimum Gasteiger partial charge on any atom is -0.389 e. The lowest BCUT2D eigenvalue weighted by Crippen LogP contribution is -2.34. The highest BCUT2D eigenvalue weighted by molar-refractivity contribution is 4.75. The molecule has 3 atom stereocenters. The number of rotatable bonds is 6. The van der Waals surface area contributed by atoms with E-state index in [0.29, 0.717) is 19.3 Å². The Morgan fingerprint density at radius 3 is 2.44 bits per heavy atom. The van der Waals surface area contributed by atoms with Crippen molar-refractivity contribution in [2.24, 2.45) is 11.8 Å². The highest BCUT2D eigenvalue weighted by Crippen LogP contribution is 2.30. The molecule has 1 aliphatic rings. The van der Waals surface area contributed by atoms with Gasteiger partial charge >= 0.3 is 0 Å². The van der Waals surface area contributed by atoms with Crippen LogP contribution in [0.1, 0.15) is 40.0 Å². The monoisotopic (exact) mass is 229 g/mol. The smallest absolute Gasteiger partial charge is 0.0897 e. The number of aliphatic hydroxyl groups is 1. The van der Waals surface area contributed by atoms with E-state index in [9.17, 15) is 5.11 Å². The molecule has 2 N–H and O–H groups in total. The molecule has 0 saturated heterocycles. The molecule has 0 heterocycles. The summed E-state index contributed by atoms with van der Waals surface area (Å²) < 4.78 is 5.79. The summed E-state index contributed by atoms with van der Waals surface area (Å²) in [6.07, 6.45) is 3.61. The fourth-order valence-electron chi connectivity index (χ4n) is 2.63. The van der Waals surface area contributed by atoms with Gasteiger partial charge in [-0.15, -0.1) is 0 Å². The van der Waals surface area contributed by atoms with Gasteiger partial charge in [-0.05, 0) is 37.6 Å². The van der Waals surface area contributed by atoms with Gasteiger partial charge in [0, 0.05) is 6.54 Å². The summed E-state index contributed by atoms with van der Waals surface area (Å²) in [6, 6.07) is 0. The van der Waals surface area contributed by atoms with Crippen LogP contribution in [0.25, 0.3) is 0 Å². The Bertz CT molecular complexity index is 177. The normalized spacial score (nSPS) is 32.6. The molecule has 0 aromatic rings. The zero-order valence-electron chi connectivity index (χ0n) is 10.9. The van der Waals surface area contributed by atoms with Crippen LogP contribution in [-0.4, -0.2) is 37.0 Å². The van der Waals surface area contributed by atoms with Crippen LogP contribution in [0.15, 0.2) is 0 Å². The second-order valence-corrected chi connectivity index (χ2v) is 5.33. The first-order valence-corrected chi connectivity index (χ1v) is 6.62. The largest absolute Gasteiger partial charge is 0.389 e. The third-order valence-corrected chi connectivity index (χ3v) is 3.29. The molecule has 0 spiro atoms. The first-order valence-electron chi connectivity index (χ1n) is 6.62. The molecule has 0 amide bonds. The van der Waals surface area contributed by atoms with E-state index >= 15 is 0 Å². The molecule has 3 nitrogen and oxygen atoms in total. The van der Waals surface area contributed by atoms with Gasteiger partial charge < -0.3 is 15.2 Å². The number of nitrogens with one attached hydrogen (secondary N) is 1. The minimum atomic E-state index is -0.368. The minimum absolute atomic E-state index is 0.357. The number of hydrogen-bond acceptors (Lipinski definition) is 3. The van der Waals surface area contributed by atoms with Gasteiger partial charge in [-0.1, -0.05) is 20.8 Å². The van der Waals surface area contributed by atoms with Gasteiger partial charge in [0.25, 0.3) is 0 Å². The Labute approximate surface area is 99.6 Å². The van der Waals surface area contributed by atoms with Gasteiger partial charge in [0.15, 0.2) is 0 Å². The average molecular weight is 229 g/mol. The molecular weight excluding hydrogens is 202 g/mol. The summed E-state index contributed by atoms with van der Waals surface area (Å²) in [5, 5.41) is 12.8. The predicted octanol–water partition coefficient (Wildman–Crippen LogP) is 1.80. The highest BCUT2D eigenvalue weighted by Gasteiger charge is 2.24. The Hall–Kier alpha value is -0.120. The van der Waals surface area contributed by atoms with Crippen molar-refractivity contribution in [2.75, 3.05) is 19.7 Å². The Morgan fingerprint density at radius 2 is 1.88 bits per heavy atom. The highest BCUT2D eigenvalue weighted by atomic mass is 16.5. The number of likely N-dealkylation sites (N-methyl/N-ethyl adjacent to an activating group) is 1. The maximum Gasteiger partial charge on any atom is 0.0897 e. The molecule has 1 aliphatic carbocycles. The van der Waals surface area contributed by atoms with Crippen LogP contribution in [0.2, 0.25) is 0 Å². The molecule has 3 unspecified atom stereocenters. The van der Waals surface area contributed by atoms with Crippen molar-refractivity contribution < 1.29 is 9.84 Å². The summed E-state index contributed by atoms with van der Waals surface area (Å²) in [7, 11) is 0. The molecule has 96 valence electrons. The summed E-state index contributed by atoms with van der Waals surface area (Å²) in [4.78, 5) is 0. The van der Waals surface area contributed by atoms with E-state index < -0.39 is 0 Å². The van der Waals surface area contributed by atoms with Crippen molar-refractivity contribution in [3.8, 4) is 0 Å². The average Bonchev–Trinajstić information content (AvgIpc) is 2.22. The first-order chi connectivity index (χ1) is 7.61. The molecule has 1 fully saturated rings. The van der Waals surface area contributed by atoms with Crippen LogP contribution in [0.5, 0.6) is 0 Å². The van der Waals surface area contributed by atoms with E-state index in [4.69, 9.17) is 4.74 Å². The van der Waals surface area contributed by atoms with Gasteiger partial charge in [-0.25, -0.2) is 0 Å². The standard InChI is InChI=1S/C13H27NO2/c1-4-14-8-12(15)9-16-13-6-10(2)5-11(3)7-13/h10-15H,4-9H2,1-3H3. The molecule has 0 bridgehead atoms. The van der Waals surface area contributed by atoms with Crippen LogP contribution >= 0.6 is 0 Å². The van der Waals surface area contributed by atoms with Crippen molar-refractivity contribution in [1.82, 2.24) is 5.32 Å². The van der Waals surface area contributed by atoms with Crippen molar-refractivity contribution in [1.29, 1.82) is 0 Å². The van der Waals surface area contributed by atoms with Crippen LogP contribution < -0.4 is 5.32 Å². The second kappa shape index (κ2) is 7.25. The molecule has 16 heavy (non-hydrogen) atoms.